The molecule has 0 bridgehead atoms. The molecule has 0 saturated heterocycles. The van der Waals surface area contributed by atoms with E-state index < -0.39 is 43.3 Å². The van der Waals surface area contributed by atoms with Gasteiger partial charge in [-0.05, 0) is 0 Å². The average Bonchev–Trinajstić information content (AvgIpc) is 2.25. The first kappa shape index (κ1) is 14.1. The minimum atomic E-state index is -1.76. The second kappa shape index (κ2) is 6.53. The number of carbonyl (C=O) groups excluding carboxylic acids is 1. The van der Waals surface area contributed by atoms with Crippen LogP contribution in [0.5, 0.6) is 0 Å². The number of hydrogen-bond acceptors (Lipinski definition) is 8. The Kier molecular flexibility index (Phi) is 6.13. The summed E-state index contributed by atoms with van der Waals surface area (Å²) < 4.78 is 0. The summed E-state index contributed by atoms with van der Waals surface area (Å²) in [5.41, 5.74) is 5.19. The Morgan fingerprint density at radius 3 is 2.20 bits per heavy atom. The number of rotatable bonds is 7. The zero-order valence-electron chi connectivity index (χ0n) is 7.85. The van der Waals surface area contributed by atoms with Gasteiger partial charge in [0, 0.05) is 0 Å². The highest BCUT2D eigenvalue weighted by Gasteiger charge is 2.32. The lowest BCUT2D eigenvalue weighted by Crippen LogP contribution is -2.53. The van der Waals surface area contributed by atoms with Crippen molar-refractivity contribution in [1.29, 1.82) is 0 Å². The summed E-state index contributed by atoms with van der Waals surface area (Å²) in [4.78, 5) is 20.7. The SMILES string of the molecule is N[C@@H](C(=O)CN=O)[C@@H](O)[C@@H](O)[C@H](O)CO. The smallest absolute Gasteiger partial charge is 0.177 e. The van der Waals surface area contributed by atoms with Gasteiger partial charge in [0.1, 0.15) is 24.9 Å². The van der Waals surface area contributed by atoms with Crippen LogP contribution < -0.4 is 5.73 Å². The first-order valence-electron chi connectivity index (χ1n) is 4.18. The van der Waals surface area contributed by atoms with E-state index in [0.717, 1.165) is 0 Å². The molecular weight excluding hydrogens is 208 g/mol. The molecule has 0 amide bonds. The quantitative estimate of drug-likeness (QED) is 0.283. The Morgan fingerprint density at radius 1 is 1.27 bits per heavy atom. The monoisotopic (exact) mass is 222 g/mol. The first-order chi connectivity index (χ1) is 6.95. The maximum atomic E-state index is 11.0. The molecule has 8 heteroatoms. The van der Waals surface area contributed by atoms with Crippen molar-refractivity contribution in [1.82, 2.24) is 0 Å². The molecule has 0 unspecified atom stereocenters. The van der Waals surface area contributed by atoms with Gasteiger partial charge in [0.15, 0.2) is 5.78 Å². The van der Waals surface area contributed by atoms with E-state index in [9.17, 15) is 19.9 Å². The van der Waals surface area contributed by atoms with Crippen LogP contribution in [0, 0.1) is 4.91 Å². The molecular formula is C7H14N2O6. The van der Waals surface area contributed by atoms with Crippen LogP contribution >= 0.6 is 0 Å². The van der Waals surface area contributed by atoms with Gasteiger partial charge in [-0.2, -0.15) is 4.91 Å². The van der Waals surface area contributed by atoms with E-state index in [1.807, 2.05) is 0 Å². The molecule has 0 aliphatic rings. The third-order valence-electron chi connectivity index (χ3n) is 1.89. The van der Waals surface area contributed by atoms with E-state index in [0.29, 0.717) is 0 Å². The number of nitroso groups, excluding NO2 is 1. The van der Waals surface area contributed by atoms with Crippen molar-refractivity contribution in [3.63, 3.8) is 0 Å². The number of nitrogens with zero attached hydrogens (tertiary/aromatic N) is 1. The predicted molar refractivity (Wildman–Crippen MR) is 48.8 cm³/mol. The Bertz CT molecular complexity index is 224. The maximum absolute atomic E-state index is 11.0. The van der Waals surface area contributed by atoms with E-state index >= 15 is 0 Å². The van der Waals surface area contributed by atoms with Crippen LogP contribution in [-0.2, 0) is 4.79 Å². The lowest BCUT2D eigenvalue weighted by Gasteiger charge is -2.24. The number of aliphatic hydroxyl groups excluding tert-OH is 4. The summed E-state index contributed by atoms with van der Waals surface area (Å²) in [6.07, 6.45) is -5.13. The van der Waals surface area contributed by atoms with Gasteiger partial charge in [-0.3, -0.25) is 4.79 Å². The molecule has 15 heavy (non-hydrogen) atoms. The molecule has 6 N–H and O–H groups in total. The molecule has 0 radical (unpaired) electrons. The highest BCUT2D eigenvalue weighted by molar-refractivity contribution is 5.86. The Morgan fingerprint density at radius 2 is 1.80 bits per heavy atom. The molecule has 0 aromatic rings. The van der Waals surface area contributed by atoms with Gasteiger partial charge in [0.05, 0.1) is 12.6 Å². The highest BCUT2D eigenvalue weighted by Crippen LogP contribution is 2.04. The molecule has 0 saturated carbocycles. The third kappa shape index (κ3) is 3.98. The van der Waals surface area contributed by atoms with Gasteiger partial charge in [-0.1, -0.05) is 5.18 Å². The van der Waals surface area contributed by atoms with E-state index in [2.05, 4.69) is 5.18 Å². The molecule has 0 rings (SSSR count). The fourth-order valence-corrected chi connectivity index (χ4v) is 0.908. The van der Waals surface area contributed by atoms with Gasteiger partial charge in [0.25, 0.3) is 0 Å². The van der Waals surface area contributed by atoms with Crippen LogP contribution in [0.15, 0.2) is 5.18 Å². The second-order valence-electron chi connectivity index (χ2n) is 3.01. The number of Topliss-reactive ketones (excluding diaryl/α,β-unsaturated/α-hetero) is 1. The van der Waals surface area contributed by atoms with Crippen molar-refractivity contribution in [2.45, 2.75) is 24.4 Å². The molecule has 88 valence electrons. The molecule has 4 atom stereocenters. The molecule has 0 heterocycles. The van der Waals surface area contributed by atoms with Gasteiger partial charge < -0.3 is 26.2 Å². The normalized spacial score (nSPS) is 19.0. The average molecular weight is 222 g/mol. The summed E-state index contributed by atoms with van der Waals surface area (Å²) in [5.74, 6) is -0.860. The van der Waals surface area contributed by atoms with Crippen molar-refractivity contribution in [3.05, 3.63) is 4.91 Å². The summed E-state index contributed by atoms with van der Waals surface area (Å²) in [6, 6.07) is -1.53. The molecule has 0 aliphatic carbocycles. The van der Waals surface area contributed by atoms with Crippen LogP contribution in [0.3, 0.4) is 0 Å². The summed E-state index contributed by atoms with van der Waals surface area (Å²) in [5, 5.41) is 38.1. The van der Waals surface area contributed by atoms with Crippen molar-refractivity contribution in [2.24, 2.45) is 10.9 Å². The van der Waals surface area contributed by atoms with Gasteiger partial charge >= 0.3 is 0 Å². The number of carbonyl (C=O) groups is 1. The zero-order valence-corrected chi connectivity index (χ0v) is 7.85. The lowest BCUT2D eigenvalue weighted by atomic mass is 9.99. The Hall–Kier alpha value is -0.930. The molecule has 8 nitrogen and oxygen atoms in total. The molecule has 0 aromatic heterocycles. The van der Waals surface area contributed by atoms with Crippen molar-refractivity contribution < 1.29 is 25.2 Å². The number of aliphatic hydroxyl groups is 4. The largest absolute Gasteiger partial charge is 0.394 e. The Labute approximate surface area is 85.3 Å². The second-order valence-corrected chi connectivity index (χ2v) is 3.01. The van der Waals surface area contributed by atoms with Crippen molar-refractivity contribution in [2.75, 3.05) is 13.2 Å². The summed E-state index contributed by atoms with van der Waals surface area (Å²) in [7, 11) is 0. The minimum absolute atomic E-state index is 0.722. The van der Waals surface area contributed by atoms with Crippen LogP contribution in [0.25, 0.3) is 0 Å². The van der Waals surface area contributed by atoms with E-state index in [1.165, 1.54) is 0 Å². The zero-order chi connectivity index (χ0) is 12.0. The van der Waals surface area contributed by atoms with Crippen LogP contribution in [0.2, 0.25) is 0 Å². The fraction of sp³-hybridized carbons (Fsp3) is 0.857. The van der Waals surface area contributed by atoms with E-state index in [1.54, 1.807) is 0 Å². The van der Waals surface area contributed by atoms with Crippen molar-refractivity contribution >= 4 is 5.78 Å². The van der Waals surface area contributed by atoms with Crippen LogP contribution in [0.4, 0.5) is 0 Å². The maximum Gasteiger partial charge on any atom is 0.177 e. The number of nitrogens with two attached hydrogens (primary N) is 1. The van der Waals surface area contributed by atoms with Gasteiger partial charge in [-0.15, -0.1) is 0 Å². The Balaban J connectivity index is 4.35. The molecule has 0 spiro atoms. The summed E-state index contributed by atoms with van der Waals surface area (Å²) >= 11 is 0. The van der Waals surface area contributed by atoms with Gasteiger partial charge in [0.2, 0.25) is 0 Å². The topological polar surface area (TPSA) is 153 Å². The highest BCUT2D eigenvalue weighted by atomic mass is 16.4. The number of ketones is 1. The molecule has 0 aromatic carbocycles. The number of hydrogen-bond donors (Lipinski definition) is 5. The predicted octanol–water partition coefficient (Wildman–Crippen LogP) is -3.28. The van der Waals surface area contributed by atoms with Crippen LogP contribution in [0.1, 0.15) is 0 Å². The molecule has 0 aliphatic heterocycles. The van der Waals surface area contributed by atoms with Gasteiger partial charge in [-0.25, -0.2) is 0 Å². The summed E-state index contributed by atoms with van der Waals surface area (Å²) in [6.45, 7) is -1.51. The standard InChI is InChI=1S/C7H14N2O6/c8-5(3(11)1-9-15)7(14)6(13)4(12)2-10/h4-7,10,12-14H,1-2,8H2/t4-,5+,6+,7-/m1/s1. The first-order valence-corrected chi connectivity index (χ1v) is 4.18. The molecule has 0 fully saturated rings. The lowest BCUT2D eigenvalue weighted by molar-refractivity contribution is -0.127. The third-order valence-corrected chi connectivity index (χ3v) is 1.89. The minimum Gasteiger partial charge on any atom is -0.394 e. The van der Waals surface area contributed by atoms with E-state index in [4.69, 9.17) is 15.9 Å². The van der Waals surface area contributed by atoms with Crippen LogP contribution in [-0.4, -0.2) is 63.7 Å². The van der Waals surface area contributed by atoms with Crippen molar-refractivity contribution in [3.8, 4) is 0 Å². The van der Waals surface area contributed by atoms with E-state index in [-0.39, 0.29) is 0 Å². The fourth-order valence-electron chi connectivity index (χ4n) is 0.908.